The van der Waals surface area contributed by atoms with Crippen LogP contribution in [-0.4, -0.2) is 28.1 Å². The van der Waals surface area contributed by atoms with Gasteiger partial charge in [-0.1, -0.05) is 19.1 Å². The molecule has 1 fully saturated rings. The van der Waals surface area contributed by atoms with Crippen molar-refractivity contribution < 1.29 is 9.52 Å². The van der Waals surface area contributed by atoms with Crippen molar-refractivity contribution in [1.82, 2.24) is 9.88 Å². The molecule has 2 aromatic carbocycles. The van der Waals surface area contributed by atoms with Crippen molar-refractivity contribution in [2.45, 2.75) is 33.2 Å². The van der Waals surface area contributed by atoms with Crippen molar-refractivity contribution in [1.29, 1.82) is 0 Å². The standard InChI is InChI=1S/C24H24N2O3S/c1-14-9-11-26(12-10-14)13-17-19(27)8-7-16-22(28)21(15(2)29-23(16)17)24-25-18-5-3-4-6-20(18)30-24/h3-8,14,27H,9-13H2,1-2H3. The number of phenols is 1. The van der Waals surface area contributed by atoms with Crippen molar-refractivity contribution in [3.8, 4) is 16.3 Å². The average Bonchev–Trinajstić information content (AvgIpc) is 3.15. The second-order valence-electron chi connectivity index (χ2n) is 8.25. The molecule has 6 heteroatoms. The van der Waals surface area contributed by atoms with Crippen molar-refractivity contribution in [2.24, 2.45) is 5.92 Å². The van der Waals surface area contributed by atoms with Crippen LogP contribution in [0.25, 0.3) is 31.8 Å². The van der Waals surface area contributed by atoms with Crippen LogP contribution in [0.1, 0.15) is 31.1 Å². The molecule has 0 atom stereocenters. The number of hydrogen-bond donors (Lipinski definition) is 1. The average molecular weight is 421 g/mol. The zero-order valence-corrected chi connectivity index (χ0v) is 18.0. The summed E-state index contributed by atoms with van der Waals surface area (Å²) >= 11 is 1.49. The third-order valence-corrected chi connectivity index (χ3v) is 7.13. The third-order valence-electron chi connectivity index (χ3n) is 6.08. The highest BCUT2D eigenvalue weighted by molar-refractivity contribution is 7.21. The Kier molecular flexibility index (Phi) is 4.83. The molecule has 5 nitrogen and oxygen atoms in total. The number of aryl methyl sites for hydroxylation is 1. The fourth-order valence-electron chi connectivity index (χ4n) is 4.23. The molecule has 1 N–H and O–H groups in total. The van der Waals surface area contributed by atoms with E-state index in [9.17, 15) is 9.90 Å². The fraction of sp³-hybridized carbons (Fsp3) is 0.333. The maximum absolute atomic E-state index is 13.4. The Morgan fingerprint density at radius 3 is 2.73 bits per heavy atom. The van der Waals surface area contributed by atoms with Gasteiger partial charge in [0, 0.05) is 6.54 Å². The van der Waals surface area contributed by atoms with Crippen LogP contribution >= 0.6 is 11.3 Å². The Labute approximate surface area is 178 Å². The predicted octanol–water partition coefficient (Wildman–Crippen LogP) is 5.32. The van der Waals surface area contributed by atoms with Crippen molar-refractivity contribution >= 4 is 32.5 Å². The van der Waals surface area contributed by atoms with E-state index in [1.807, 2.05) is 24.3 Å². The van der Waals surface area contributed by atoms with Crippen LogP contribution in [0.3, 0.4) is 0 Å². The van der Waals surface area contributed by atoms with Gasteiger partial charge in [-0.2, -0.15) is 0 Å². The molecule has 30 heavy (non-hydrogen) atoms. The van der Waals surface area contributed by atoms with E-state index in [0.717, 1.165) is 42.1 Å². The maximum atomic E-state index is 13.4. The normalized spacial score (nSPS) is 15.9. The Morgan fingerprint density at radius 2 is 1.97 bits per heavy atom. The number of benzene rings is 2. The van der Waals surface area contributed by atoms with Gasteiger partial charge < -0.3 is 9.52 Å². The highest BCUT2D eigenvalue weighted by Gasteiger charge is 2.23. The molecule has 0 spiro atoms. The largest absolute Gasteiger partial charge is 0.507 e. The minimum Gasteiger partial charge on any atom is -0.507 e. The Bertz CT molecular complexity index is 1270. The molecule has 0 unspecified atom stereocenters. The zero-order valence-electron chi connectivity index (χ0n) is 17.1. The van der Waals surface area contributed by atoms with Crippen molar-refractivity contribution in [3.63, 3.8) is 0 Å². The summed E-state index contributed by atoms with van der Waals surface area (Å²) in [5, 5.41) is 11.7. The molecule has 1 aliphatic heterocycles. The van der Waals surface area contributed by atoms with E-state index in [4.69, 9.17) is 4.42 Å². The van der Waals surface area contributed by atoms with Gasteiger partial charge in [-0.3, -0.25) is 9.69 Å². The molecule has 154 valence electrons. The van der Waals surface area contributed by atoms with Gasteiger partial charge >= 0.3 is 0 Å². The van der Waals surface area contributed by atoms with Crippen molar-refractivity contribution in [2.75, 3.05) is 13.1 Å². The number of phenolic OH excluding ortho intramolecular Hbond substituents is 1. The number of aromatic nitrogens is 1. The van der Waals surface area contributed by atoms with Gasteiger partial charge in [0.25, 0.3) is 0 Å². The van der Waals surface area contributed by atoms with Crippen LogP contribution in [0.15, 0.2) is 45.6 Å². The SMILES string of the molecule is Cc1oc2c(CN3CCC(C)CC3)c(O)ccc2c(=O)c1-c1nc2ccccc2s1. The molecule has 5 rings (SSSR count). The van der Waals surface area contributed by atoms with Crippen LogP contribution in [0.4, 0.5) is 0 Å². The number of piperidine rings is 1. The summed E-state index contributed by atoms with van der Waals surface area (Å²) in [4.78, 5) is 20.4. The van der Waals surface area contributed by atoms with E-state index in [1.54, 1.807) is 19.1 Å². The topological polar surface area (TPSA) is 66.6 Å². The Hall–Kier alpha value is -2.70. The molecular formula is C24H24N2O3S. The lowest BCUT2D eigenvalue weighted by molar-refractivity contribution is 0.183. The van der Waals surface area contributed by atoms with Gasteiger partial charge in [-0.15, -0.1) is 11.3 Å². The number of hydrogen-bond acceptors (Lipinski definition) is 6. The number of likely N-dealkylation sites (tertiary alicyclic amines) is 1. The van der Waals surface area contributed by atoms with E-state index in [2.05, 4.69) is 16.8 Å². The van der Waals surface area contributed by atoms with E-state index < -0.39 is 0 Å². The molecule has 4 aromatic rings. The van der Waals surface area contributed by atoms with E-state index in [0.29, 0.717) is 39.4 Å². The first-order chi connectivity index (χ1) is 14.5. The van der Waals surface area contributed by atoms with Crippen molar-refractivity contribution in [3.05, 3.63) is 57.9 Å². The van der Waals surface area contributed by atoms with Crippen LogP contribution in [-0.2, 0) is 6.54 Å². The molecule has 1 saturated heterocycles. The van der Waals surface area contributed by atoms with Gasteiger partial charge in [0.05, 0.1) is 26.7 Å². The summed E-state index contributed by atoms with van der Waals surface area (Å²) in [5.41, 5.74) is 2.47. The summed E-state index contributed by atoms with van der Waals surface area (Å²) in [6.45, 7) is 6.64. The number of para-hydroxylation sites is 1. The van der Waals surface area contributed by atoms with Gasteiger partial charge in [-0.25, -0.2) is 4.98 Å². The second kappa shape index (κ2) is 7.52. The molecule has 0 amide bonds. The fourth-order valence-corrected chi connectivity index (χ4v) is 5.29. The lowest BCUT2D eigenvalue weighted by Crippen LogP contribution is -2.32. The number of nitrogens with zero attached hydrogens (tertiary/aromatic N) is 2. The van der Waals surface area contributed by atoms with Gasteiger partial charge in [-0.05, 0) is 63.0 Å². The first-order valence-electron chi connectivity index (χ1n) is 10.4. The summed E-state index contributed by atoms with van der Waals surface area (Å²) in [5.74, 6) is 1.45. The molecule has 0 aliphatic carbocycles. The number of thiazole rings is 1. The van der Waals surface area contributed by atoms with Crippen LogP contribution in [0.2, 0.25) is 0 Å². The van der Waals surface area contributed by atoms with Gasteiger partial charge in [0.15, 0.2) is 0 Å². The first kappa shape index (κ1) is 19.3. The number of fused-ring (bicyclic) bond motifs is 2. The van der Waals surface area contributed by atoms with E-state index >= 15 is 0 Å². The lowest BCUT2D eigenvalue weighted by atomic mass is 9.98. The quantitative estimate of drug-likeness (QED) is 0.486. The zero-order chi connectivity index (χ0) is 20.8. The number of rotatable bonds is 3. The summed E-state index contributed by atoms with van der Waals surface area (Å²) in [6, 6.07) is 11.1. The molecule has 3 heterocycles. The summed E-state index contributed by atoms with van der Waals surface area (Å²) in [6.07, 6.45) is 2.30. The monoisotopic (exact) mass is 420 g/mol. The highest BCUT2D eigenvalue weighted by Crippen LogP contribution is 2.34. The van der Waals surface area contributed by atoms with Crippen LogP contribution < -0.4 is 5.43 Å². The minimum absolute atomic E-state index is 0.0960. The van der Waals surface area contributed by atoms with Crippen LogP contribution in [0, 0.1) is 12.8 Å². The van der Waals surface area contributed by atoms with E-state index in [-0.39, 0.29) is 11.2 Å². The van der Waals surface area contributed by atoms with Crippen LogP contribution in [0.5, 0.6) is 5.75 Å². The molecule has 2 aromatic heterocycles. The molecule has 0 radical (unpaired) electrons. The Balaban J connectivity index is 1.62. The molecule has 0 saturated carbocycles. The second-order valence-corrected chi connectivity index (χ2v) is 9.28. The van der Waals surface area contributed by atoms with E-state index in [1.165, 1.54) is 11.3 Å². The van der Waals surface area contributed by atoms with Gasteiger partial charge in [0.2, 0.25) is 5.43 Å². The third kappa shape index (κ3) is 3.30. The molecule has 0 bridgehead atoms. The highest BCUT2D eigenvalue weighted by atomic mass is 32.1. The number of aromatic hydroxyl groups is 1. The smallest absolute Gasteiger partial charge is 0.203 e. The van der Waals surface area contributed by atoms with Gasteiger partial charge in [0.1, 0.15) is 22.1 Å². The summed E-state index contributed by atoms with van der Waals surface area (Å²) < 4.78 is 7.22. The maximum Gasteiger partial charge on any atom is 0.203 e. The lowest BCUT2D eigenvalue weighted by Gasteiger charge is -2.30. The molecular weight excluding hydrogens is 396 g/mol. The first-order valence-corrected chi connectivity index (χ1v) is 11.2. The predicted molar refractivity (Wildman–Crippen MR) is 121 cm³/mol. The minimum atomic E-state index is -0.0960. The Morgan fingerprint density at radius 1 is 1.20 bits per heavy atom. The molecule has 1 aliphatic rings. The summed E-state index contributed by atoms with van der Waals surface area (Å²) in [7, 11) is 0.